The number of carbonyl (C=O) groups is 1. The van der Waals surface area contributed by atoms with E-state index in [1.54, 1.807) is 12.1 Å². The fraction of sp³-hybridized carbons (Fsp3) is 0.0952. The van der Waals surface area contributed by atoms with Gasteiger partial charge in [-0.3, -0.25) is 4.79 Å². The smallest absolute Gasteiger partial charge is 0.224 e. The van der Waals surface area contributed by atoms with Crippen molar-refractivity contribution < 1.29 is 9.90 Å². The molecule has 3 aromatic carbocycles. The van der Waals surface area contributed by atoms with Gasteiger partial charge in [-0.05, 0) is 35.2 Å². The lowest BCUT2D eigenvalue weighted by Gasteiger charge is -2.10. The molecule has 24 heavy (non-hydrogen) atoms. The van der Waals surface area contributed by atoms with Gasteiger partial charge >= 0.3 is 0 Å². The van der Waals surface area contributed by atoms with Crippen LogP contribution in [0.1, 0.15) is 12.0 Å². The summed E-state index contributed by atoms with van der Waals surface area (Å²) in [5, 5.41) is 12.8. The van der Waals surface area contributed by atoms with E-state index in [0.29, 0.717) is 18.5 Å². The Hall–Kier alpha value is -3.07. The molecule has 3 nitrogen and oxygen atoms in total. The summed E-state index contributed by atoms with van der Waals surface area (Å²) in [5.41, 5.74) is 3.55. The van der Waals surface area contributed by atoms with Crippen LogP contribution in [0.25, 0.3) is 11.1 Å². The van der Waals surface area contributed by atoms with Gasteiger partial charge in [0.05, 0.1) is 5.69 Å². The van der Waals surface area contributed by atoms with Crippen LogP contribution in [0.2, 0.25) is 0 Å². The highest BCUT2D eigenvalue weighted by molar-refractivity contribution is 5.93. The minimum atomic E-state index is -0.112. The molecule has 0 radical (unpaired) electrons. The first kappa shape index (κ1) is 15.8. The van der Waals surface area contributed by atoms with Crippen LogP contribution in [-0.4, -0.2) is 11.0 Å². The van der Waals surface area contributed by atoms with E-state index in [9.17, 15) is 9.90 Å². The number of hydrogen-bond acceptors (Lipinski definition) is 2. The van der Waals surface area contributed by atoms with E-state index in [4.69, 9.17) is 0 Å². The van der Waals surface area contributed by atoms with Gasteiger partial charge in [0.15, 0.2) is 0 Å². The summed E-state index contributed by atoms with van der Waals surface area (Å²) in [6.07, 6.45) is 1.05. The zero-order chi connectivity index (χ0) is 16.8. The number of hydrogen-bond donors (Lipinski definition) is 2. The summed E-state index contributed by atoms with van der Waals surface area (Å²) >= 11 is 0. The van der Waals surface area contributed by atoms with Crippen molar-refractivity contribution in [2.24, 2.45) is 0 Å². The largest absolute Gasteiger partial charge is 0.506 e. The number of carbonyl (C=O) groups excluding carboxylic acids is 1. The Balaban J connectivity index is 1.69. The number of aryl methyl sites for hydroxylation is 1. The lowest BCUT2D eigenvalue weighted by Crippen LogP contribution is -2.12. The average molecular weight is 317 g/mol. The Morgan fingerprint density at radius 2 is 1.50 bits per heavy atom. The molecular formula is C21H19NO2. The molecule has 0 aromatic heterocycles. The van der Waals surface area contributed by atoms with E-state index in [1.165, 1.54) is 0 Å². The molecule has 0 saturated carbocycles. The minimum absolute atomic E-state index is 0.0720. The predicted octanol–water partition coefficient (Wildman–Crippen LogP) is 4.63. The van der Waals surface area contributed by atoms with Crippen LogP contribution in [0.5, 0.6) is 5.75 Å². The lowest BCUT2D eigenvalue weighted by molar-refractivity contribution is -0.116. The fourth-order valence-corrected chi connectivity index (χ4v) is 2.56. The molecule has 0 spiro atoms. The summed E-state index contributed by atoms with van der Waals surface area (Å²) in [5.74, 6) is -0.0397. The van der Waals surface area contributed by atoms with Crippen LogP contribution >= 0.6 is 0 Å². The molecule has 120 valence electrons. The SMILES string of the molecule is O=C(CCc1ccccc1)Nc1cc(-c2ccccc2)ccc1O. The molecule has 0 aliphatic carbocycles. The van der Waals surface area contributed by atoms with Crippen molar-refractivity contribution in [3.05, 3.63) is 84.4 Å². The fourth-order valence-electron chi connectivity index (χ4n) is 2.56. The van der Waals surface area contributed by atoms with Gasteiger partial charge in [-0.25, -0.2) is 0 Å². The van der Waals surface area contributed by atoms with E-state index >= 15 is 0 Å². The zero-order valence-electron chi connectivity index (χ0n) is 13.3. The number of amides is 1. The molecule has 0 bridgehead atoms. The summed E-state index contributed by atoms with van der Waals surface area (Å²) in [4.78, 5) is 12.2. The van der Waals surface area contributed by atoms with Crippen LogP contribution in [0, 0.1) is 0 Å². The van der Waals surface area contributed by atoms with Gasteiger partial charge in [0, 0.05) is 6.42 Å². The number of aromatic hydroxyl groups is 1. The molecule has 0 unspecified atom stereocenters. The second-order valence-electron chi connectivity index (χ2n) is 5.63. The quantitative estimate of drug-likeness (QED) is 0.674. The van der Waals surface area contributed by atoms with Gasteiger partial charge in [0.25, 0.3) is 0 Å². The van der Waals surface area contributed by atoms with Crippen molar-refractivity contribution in [1.82, 2.24) is 0 Å². The maximum absolute atomic E-state index is 12.2. The molecule has 0 heterocycles. The van der Waals surface area contributed by atoms with Crippen LogP contribution in [-0.2, 0) is 11.2 Å². The summed E-state index contributed by atoms with van der Waals surface area (Å²) < 4.78 is 0. The van der Waals surface area contributed by atoms with E-state index in [0.717, 1.165) is 16.7 Å². The summed E-state index contributed by atoms with van der Waals surface area (Å²) in [6.45, 7) is 0. The van der Waals surface area contributed by atoms with Crippen molar-refractivity contribution in [1.29, 1.82) is 0 Å². The van der Waals surface area contributed by atoms with Gasteiger partial charge in [-0.1, -0.05) is 66.7 Å². The number of rotatable bonds is 5. The Kier molecular flexibility index (Phi) is 4.92. The van der Waals surface area contributed by atoms with E-state index in [-0.39, 0.29) is 11.7 Å². The zero-order valence-corrected chi connectivity index (χ0v) is 13.3. The van der Waals surface area contributed by atoms with Crippen molar-refractivity contribution in [3.8, 4) is 16.9 Å². The Morgan fingerprint density at radius 3 is 2.21 bits per heavy atom. The van der Waals surface area contributed by atoms with Crippen LogP contribution in [0.4, 0.5) is 5.69 Å². The molecule has 1 amide bonds. The Bertz CT molecular complexity index is 814. The van der Waals surface area contributed by atoms with Crippen molar-refractivity contribution in [2.45, 2.75) is 12.8 Å². The third-order valence-electron chi connectivity index (χ3n) is 3.86. The summed E-state index contributed by atoms with van der Waals surface area (Å²) in [7, 11) is 0. The van der Waals surface area contributed by atoms with Gasteiger partial charge in [0.2, 0.25) is 5.91 Å². The first-order valence-corrected chi connectivity index (χ1v) is 7.94. The minimum Gasteiger partial charge on any atom is -0.506 e. The van der Waals surface area contributed by atoms with Crippen LogP contribution < -0.4 is 5.32 Å². The number of phenolic OH excluding ortho intramolecular Hbond substituents is 1. The molecule has 3 aromatic rings. The molecule has 0 atom stereocenters. The van der Waals surface area contributed by atoms with Gasteiger partial charge < -0.3 is 10.4 Å². The summed E-state index contributed by atoms with van der Waals surface area (Å²) in [6, 6.07) is 25.0. The Labute approximate surface area is 141 Å². The third-order valence-corrected chi connectivity index (χ3v) is 3.86. The lowest BCUT2D eigenvalue weighted by atomic mass is 10.0. The van der Waals surface area contributed by atoms with Gasteiger partial charge in [-0.15, -0.1) is 0 Å². The average Bonchev–Trinajstić information content (AvgIpc) is 2.63. The van der Waals surface area contributed by atoms with Crippen molar-refractivity contribution in [3.63, 3.8) is 0 Å². The van der Waals surface area contributed by atoms with E-state index in [1.807, 2.05) is 66.7 Å². The topological polar surface area (TPSA) is 49.3 Å². The monoisotopic (exact) mass is 317 g/mol. The van der Waals surface area contributed by atoms with E-state index in [2.05, 4.69) is 5.32 Å². The second kappa shape index (κ2) is 7.47. The normalized spacial score (nSPS) is 10.3. The maximum Gasteiger partial charge on any atom is 0.224 e. The highest BCUT2D eigenvalue weighted by Gasteiger charge is 2.08. The molecule has 3 heteroatoms. The molecule has 0 saturated heterocycles. The highest BCUT2D eigenvalue weighted by Crippen LogP contribution is 2.29. The second-order valence-corrected chi connectivity index (χ2v) is 5.63. The molecule has 0 fully saturated rings. The first-order chi connectivity index (χ1) is 11.7. The van der Waals surface area contributed by atoms with E-state index < -0.39 is 0 Å². The molecule has 0 aliphatic rings. The molecular weight excluding hydrogens is 298 g/mol. The molecule has 2 N–H and O–H groups in total. The standard InChI is InChI=1S/C21H19NO2/c23-20-13-12-18(17-9-5-2-6-10-17)15-19(20)22-21(24)14-11-16-7-3-1-4-8-16/h1-10,12-13,15,23H,11,14H2,(H,22,24). The number of phenols is 1. The highest BCUT2D eigenvalue weighted by atomic mass is 16.3. The first-order valence-electron chi connectivity index (χ1n) is 7.94. The number of nitrogens with one attached hydrogen (secondary N) is 1. The number of benzene rings is 3. The molecule has 3 rings (SSSR count). The predicted molar refractivity (Wildman–Crippen MR) is 96.9 cm³/mol. The third kappa shape index (κ3) is 4.02. The Morgan fingerprint density at radius 1 is 0.833 bits per heavy atom. The number of anilines is 1. The van der Waals surface area contributed by atoms with Gasteiger partial charge in [-0.2, -0.15) is 0 Å². The van der Waals surface area contributed by atoms with Crippen molar-refractivity contribution >= 4 is 11.6 Å². The van der Waals surface area contributed by atoms with Crippen LogP contribution in [0.15, 0.2) is 78.9 Å². The van der Waals surface area contributed by atoms with Gasteiger partial charge in [0.1, 0.15) is 5.75 Å². The van der Waals surface area contributed by atoms with Crippen LogP contribution in [0.3, 0.4) is 0 Å². The maximum atomic E-state index is 12.2. The molecule has 0 aliphatic heterocycles. The van der Waals surface area contributed by atoms with Crippen molar-refractivity contribution in [2.75, 3.05) is 5.32 Å².